The normalized spacial score (nSPS) is 10.8. The van der Waals surface area contributed by atoms with Gasteiger partial charge in [0.05, 0.1) is 12.0 Å². The van der Waals surface area contributed by atoms with Crippen molar-refractivity contribution in [3.63, 3.8) is 0 Å². The lowest BCUT2D eigenvalue weighted by Gasteiger charge is -2.10. The molecule has 154 valence electrons. The molecule has 1 heterocycles. The second-order valence-corrected chi connectivity index (χ2v) is 6.53. The summed E-state index contributed by atoms with van der Waals surface area (Å²) in [5.74, 6) is -0.375. The molecule has 1 N–H and O–H groups in total. The van der Waals surface area contributed by atoms with Crippen LogP contribution in [0, 0.1) is 0 Å². The summed E-state index contributed by atoms with van der Waals surface area (Å²) in [6.07, 6.45) is 6.56. The van der Waals surface area contributed by atoms with E-state index < -0.39 is 5.63 Å². The fraction of sp³-hybridized carbons (Fsp3) is 0.524. The minimum absolute atomic E-state index is 0.121. The number of aromatic hydroxyl groups is 1. The molecule has 1 aromatic carbocycles. The topological polar surface area (TPSA) is 95.2 Å². The molecule has 1 aromatic heterocycles. The molecule has 28 heavy (non-hydrogen) atoms. The standard InChI is InChI=1S/C21H28O7/c1-3-4-5-6-7-8-11-27-20-19(23)17-14-16(26-13-12-25-15(2)22)9-10-18(17)28-21(20)24/h9-10,14,23H,3-8,11-13H2,1-2H3. The fourth-order valence-corrected chi connectivity index (χ4v) is 2.77. The van der Waals surface area contributed by atoms with Crippen molar-refractivity contribution in [2.75, 3.05) is 19.8 Å². The molecule has 0 bridgehead atoms. The van der Waals surface area contributed by atoms with Gasteiger partial charge in [0.25, 0.3) is 0 Å². The first-order valence-electron chi connectivity index (χ1n) is 9.71. The molecule has 0 aliphatic heterocycles. The van der Waals surface area contributed by atoms with Crippen LogP contribution >= 0.6 is 0 Å². The first kappa shape index (κ1) is 21.6. The zero-order valence-electron chi connectivity index (χ0n) is 16.5. The zero-order valence-corrected chi connectivity index (χ0v) is 16.5. The van der Waals surface area contributed by atoms with E-state index in [9.17, 15) is 14.7 Å². The Morgan fingerprint density at radius 2 is 1.79 bits per heavy atom. The van der Waals surface area contributed by atoms with Crippen LogP contribution in [-0.4, -0.2) is 30.9 Å². The van der Waals surface area contributed by atoms with Gasteiger partial charge < -0.3 is 23.7 Å². The summed E-state index contributed by atoms with van der Waals surface area (Å²) in [7, 11) is 0. The first-order valence-corrected chi connectivity index (χ1v) is 9.71. The second-order valence-electron chi connectivity index (χ2n) is 6.53. The highest BCUT2D eigenvalue weighted by molar-refractivity contribution is 5.86. The number of fused-ring (bicyclic) bond motifs is 1. The van der Waals surface area contributed by atoms with Crippen LogP contribution in [0.25, 0.3) is 11.0 Å². The van der Waals surface area contributed by atoms with Gasteiger partial charge >= 0.3 is 11.6 Å². The molecule has 0 aliphatic rings. The maximum absolute atomic E-state index is 12.1. The Labute approximate surface area is 164 Å². The molecule has 7 heteroatoms. The van der Waals surface area contributed by atoms with Crippen molar-refractivity contribution in [3.8, 4) is 17.2 Å². The molecule has 0 saturated carbocycles. The third-order valence-electron chi connectivity index (χ3n) is 4.21. The molecular formula is C21H28O7. The third-order valence-corrected chi connectivity index (χ3v) is 4.21. The lowest BCUT2D eigenvalue weighted by Crippen LogP contribution is -2.10. The molecule has 2 rings (SSSR count). The van der Waals surface area contributed by atoms with Crippen LogP contribution in [0.1, 0.15) is 52.4 Å². The van der Waals surface area contributed by atoms with E-state index in [2.05, 4.69) is 6.92 Å². The fourth-order valence-electron chi connectivity index (χ4n) is 2.77. The Morgan fingerprint density at radius 1 is 1.04 bits per heavy atom. The molecule has 0 saturated heterocycles. The predicted octanol–water partition coefficient (Wildman–Crippen LogP) is 4.18. The number of hydrogen-bond acceptors (Lipinski definition) is 7. The van der Waals surface area contributed by atoms with Gasteiger partial charge in [-0.05, 0) is 24.6 Å². The second kappa shape index (κ2) is 11.2. The van der Waals surface area contributed by atoms with Gasteiger partial charge in [0.15, 0.2) is 5.75 Å². The van der Waals surface area contributed by atoms with Crippen molar-refractivity contribution in [2.45, 2.75) is 52.4 Å². The summed E-state index contributed by atoms with van der Waals surface area (Å²) in [5, 5.41) is 10.8. The van der Waals surface area contributed by atoms with Crippen molar-refractivity contribution in [1.82, 2.24) is 0 Å². The van der Waals surface area contributed by atoms with Gasteiger partial charge in [0.2, 0.25) is 5.75 Å². The number of carbonyl (C=O) groups is 1. The van der Waals surface area contributed by atoms with E-state index in [1.807, 2.05) is 0 Å². The van der Waals surface area contributed by atoms with E-state index in [1.54, 1.807) is 12.1 Å². The van der Waals surface area contributed by atoms with Gasteiger partial charge in [0.1, 0.15) is 24.5 Å². The van der Waals surface area contributed by atoms with Gasteiger partial charge in [-0.1, -0.05) is 39.0 Å². The Hall–Kier alpha value is -2.70. The van der Waals surface area contributed by atoms with E-state index in [0.717, 1.165) is 19.3 Å². The van der Waals surface area contributed by atoms with Crippen molar-refractivity contribution in [3.05, 3.63) is 28.6 Å². The number of carbonyl (C=O) groups excluding carboxylic acids is 1. The van der Waals surface area contributed by atoms with E-state index >= 15 is 0 Å². The molecule has 2 aromatic rings. The molecular weight excluding hydrogens is 364 g/mol. The van der Waals surface area contributed by atoms with Crippen LogP contribution < -0.4 is 15.1 Å². The van der Waals surface area contributed by atoms with E-state index in [1.165, 1.54) is 32.3 Å². The highest BCUT2D eigenvalue weighted by atomic mass is 16.6. The highest BCUT2D eigenvalue weighted by Gasteiger charge is 2.16. The van der Waals surface area contributed by atoms with E-state index in [-0.39, 0.29) is 36.3 Å². The zero-order chi connectivity index (χ0) is 20.4. The third kappa shape index (κ3) is 6.48. The van der Waals surface area contributed by atoms with Crippen molar-refractivity contribution >= 4 is 16.9 Å². The monoisotopic (exact) mass is 392 g/mol. The number of unbranched alkanes of at least 4 members (excludes halogenated alkanes) is 5. The molecule has 0 aliphatic carbocycles. The van der Waals surface area contributed by atoms with Crippen LogP contribution in [0.5, 0.6) is 17.2 Å². The van der Waals surface area contributed by atoms with Crippen molar-refractivity contribution in [2.24, 2.45) is 0 Å². The maximum Gasteiger partial charge on any atom is 0.383 e. The number of benzene rings is 1. The van der Waals surface area contributed by atoms with Crippen LogP contribution in [0.4, 0.5) is 0 Å². The molecule has 0 atom stereocenters. The number of esters is 1. The lowest BCUT2D eigenvalue weighted by atomic mass is 10.1. The van der Waals surface area contributed by atoms with Crippen LogP contribution in [-0.2, 0) is 9.53 Å². The van der Waals surface area contributed by atoms with Gasteiger partial charge in [-0.25, -0.2) is 4.79 Å². The molecule has 0 unspecified atom stereocenters. The van der Waals surface area contributed by atoms with Crippen LogP contribution in [0.2, 0.25) is 0 Å². The maximum atomic E-state index is 12.1. The minimum Gasteiger partial charge on any atom is -0.504 e. The summed E-state index contributed by atoms with van der Waals surface area (Å²) in [6, 6.07) is 4.70. The lowest BCUT2D eigenvalue weighted by molar-refractivity contribution is -0.141. The Kier molecular flexibility index (Phi) is 8.65. The first-order chi connectivity index (χ1) is 13.5. The molecule has 0 amide bonds. The highest BCUT2D eigenvalue weighted by Crippen LogP contribution is 2.33. The molecule has 7 nitrogen and oxygen atoms in total. The van der Waals surface area contributed by atoms with Crippen molar-refractivity contribution < 1.29 is 28.5 Å². The number of rotatable bonds is 12. The smallest absolute Gasteiger partial charge is 0.383 e. The summed E-state index contributed by atoms with van der Waals surface area (Å²) >= 11 is 0. The Balaban J connectivity index is 1.99. The molecule has 0 fully saturated rings. The average molecular weight is 392 g/mol. The molecule has 0 spiro atoms. The average Bonchev–Trinajstić information content (AvgIpc) is 2.67. The summed E-state index contributed by atoms with van der Waals surface area (Å²) in [4.78, 5) is 22.8. The Morgan fingerprint density at radius 3 is 2.54 bits per heavy atom. The summed E-state index contributed by atoms with van der Waals surface area (Å²) < 4.78 is 21.0. The molecule has 0 radical (unpaired) electrons. The number of ether oxygens (including phenoxy) is 3. The largest absolute Gasteiger partial charge is 0.504 e. The van der Waals surface area contributed by atoms with Gasteiger partial charge in [-0.2, -0.15) is 0 Å². The summed E-state index contributed by atoms with van der Waals surface area (Å²) in [5.41, 5.74) is -0.471. The van der Waals surface area contributed by atoms with Crippen LogP contribution in [0.15, 0.2) is 27.4 Å². The quantitative estimate of drug-likeness (QED) is 0.329. The van der Waals surface area contributed by atoms with Gasteiger partial charge in [-0.15, -0.1) is 0 Å². The minimum atomic E-state index is -0.709. The summed E-state index contributed by atoms with van der Waals surface area (Å²) in [6.45, 7) is 4.12. The van der Waals surface area contributed by atoms with E-state index in [0.29, 0.717) is 17.7 Å². The Bertz CT molecular complexity index is 825. The van der Waals surface area contributed by atoms with E-state index in [4.69, 9.17) is 18.6 Å². The van der Waals surface area contributed by atoms with Gasteiger partial charge in [-0.3, -0.25) is 4.79 Å². The van der Waals surface area contributed by atoms with Gasteiger partial charge in [0, 0.05) is 6.92 Å². The predicted molar refractivity (Wildman–Crippen MR) is 105 cm³/mol. The van der Waals surface area contributed by atoms with Crippen molar-refractivity contribution in [1.29, 1.82) is 0 Å². The van der Waals surface area contributed by atoms with Crippen LogP contribution in [0.3, 0.4) is 0 Å². The SMILES string of the molecule is CCCCCCCCOc1c(O)c2cc(OCCOC(C)=O)ccc2oc1=O. The number of hydrogen-bond donors (Lipinski definition) is 1.